The Hall–Kier alpha value is -1.08. The summed E-state index contributed by atoms with van der Waals surface area (Å²) < 4.78 is 0. The Morgan fingerprint density at radius 2 is 2.06 bits per heavy atom. The molecule has 4 heteroatoms. The smallest absolute Gasteiger partial charge is 0.237 e. The Morgan fingerprint density at radius 1 is 1.44 bits per heavy atom. The van der Waals surface area contributed by atoms with E-state index in [0.29, 0.717) is 25.4 Å². The standard InChI is InChI=1S/C12H23N3O/c1-5-15(8-6-7-13)11(4)12(16)14-9-10(2)3/h10-11H,5-6,8-9H2,1-4H3,(H,14,16). The maximum atomic E-state index is 11.8. The lowest BCUT2D eigenvalue weighted by molar-refractivity contribution is -0.126. The van der Waals surface area contributed by atoms with Crippen molar-refractivity contribution in [1.29, 1.82) is 5.26 Å². The van der Waals surface area contributed by atoms with Crippen LogP contribution in [-0.4, -0.2) is 36.5 Å². The highest BCUT2D eigenvalue weighted by Crippen LogP contribution is 2.00. The molecular weight excluding hydrogens is 202 g/mol. The molecule has 0 aromatic carbocycles. The molecule has 16 heavy (non-hydrogen) atoms. The summed E-state index contributed by atoms with van der Waals surface area (Å²) in [6.45, 7) is 10.2. The monoisotopic (exact) mass is 225 g/mol. The highest BCUT2D eigenvalue weighted by molar-refractivity contribution is 5.81. The Bertz CT molecular complexity index is 245. The van der Waals surface area contributed by atoms with Gasteiger partial charge >= 0.3 is 0 Å². The van der Waals surface area contributed by atoms with Crippen molar-refractivity contribution in [2.75, 3.05) is 19.6 Å². The fourth-order valence-corrected chi connectivity index (χ4v) is 1.44. The Labute approximate surface area is 98.6 Å². The van der Waals surface area contributed by atoms with Crippen molar-refractivity contribution >= 4 is 5.91 Å². The highest BCUT2D eigenvalue weighted by atomic mass is 16.2. The van der Waals surface area contributed by atoms with Crippen LogP contribution in [0.15, 0.2) is 0 Å². The lowest BCUT2D eigenvalue weighted by Gasteiger charge is -2.26. The van der Waals surface area contributed by atoms with Crippen molar-refractivity contribution in [3.63, 3.8) is 0 Å². The largest absolute Gasteiger partial charge is 0.354 e. The van der Waals surface area contributed by atoms with Crippen molar-refractivity contribution in [2.45, 2.75) is 40.2 Å². The second-order valence-electron chi connectivity index (χ2n) is 4.35. The van der Waals surface area contributed by atoms with Gasteiger partial charge in [0.05, 0.1) is 12.1 Å². The fourth-order valence-electron chi connectivity index (χ4n) is 1.44. The van der Waals surface area contributed by atoms with Crippen LogP contribution in [0.4, 0.5) is 0 Å². The van der Waals surface area contributed by atoms with E-state index in [0.717, 1.165) is 6.54 Å². The van der Waals surface area contributed by atoms with Crippen LogP contribution in [0.5, 0.6) is 0 Å². The third kappa shape index (κ3) is 5.72. The van der Waals surface area contributed by atoms with Crippen LogP contribution in [-0.2, 0) is 4.79 Å². The fraction of sp³-hybridized carbons (Fsp3) is 0.833. The molecule has 4 nitrogen and oxygen atoms in total. The Kier molecular flexibility index (Phi) is 7.57. The molecule has 0 radical (unpaired) electrons. The van der Waals surface area contributed by atoms with E-state index >= 15 is 0 Å². The van der Waals surface area contributed by atoms with Crippen LogP contribution in [0.1, 0.15) is 34.1 Å². The van der Waals surface area contributed by atoms with Crippen molar-refractivity contribution in [3.05, 3.63) is 0 Å². The molecule has 1 atom stereocenters. The van der Waals surface area contributed by atoms with Crippen LogP contribution >= 0.6 is 0 Å². The van der Waals surface area contributed by atoms with Gasteiger partial charge in [-0.25, -0.2) is 0 Å². The SMILES string of the molecule is CCN(CCC#N)C(C)C(=O)NCC(C)C. The van der Waals surface area contributed by atoms with Gasteiger partial charge in [-0.2, -0.15) is 5.26 Å². The molecule has 0 saturated carbocycles. The number of carbonyl (C=O) groups is 1. The van der Waals surface area contributed by atoms with E-state index in [9.17, 15) is 4.79 Å². The number of carbonyl (C=O) groups excluding carboxylic acids is 1. The molecule has 0 aromatic rings. The van der Waals surface area contributed by atoms with E-state index in [1.54, 1.807) is 0 Å². The average molecular weight is 225 g/mol. The van der Waals surface area contributed by atoms with Crippen LogP contribution < -0.4 is 5.32 Å². The number of rotatable bonds is 7. The molecule has 0 bridgehead atoms. The Morgan fingerprint density at radius 3 is 2.50 bits per heavy atom. The number of nitriles is 1. The number of hydrogen-bond acceptors (Lipinski definition) is 3. The van der Waals surface area contributed by atoms with Gasteiger partial charge in [0.1, 0.15) is 0 Å². The lowest BCUT2D eigenvalue weighted by atomic mass is 10.2. The predicted octanol–water partition coefficient (Wildman–Crippen LogP) is 1.38. The van der Waals surface area contributed by atoms with Gasteiger partial charge in [-0.05, 0) is 19.4 Å². The lowest BCUT2D eigenvalue weighted by Crippen LogP contribution is -2.46. The summed E-state index contributed by atoms with van der Waals surface area (Å²) in [4.78, 5) is 13.8. The molecule has 1 amide bonds. The number of likely N-dealkylation sites (N-methyl/N-ethyl adjacent to an activating group) is 1. The van der Waals surface area contributed by atoms with Gasteiger partial charge in [0.25, 0.3) is 0 Å². The maximum Gasteiger partial charge on any atom is 0.237 e. The van der Waals surface area contributed by atoms with E-state index in [1.165, 1.54) is 0 Å². The van der Waals surface area contributed by atoms with Crippen LogP contribution in [0, 0.1) is 17.2 Å². The first-order chi connectivity index (χ1) is 7.52. The third-order valence-electron chi connectivity index (χ3n) is 2.53. The minimum absolute atomic E-state index is 0.0495. The first kappa shape index (κ1) is 14.9. The second kappa shape index (κ2) is 8.12. The van der Waals surface area contributed by atoms with E-state index in [1.807, 2.05) is 18.7 Å². The highest BCUT2D eigenvalue weighted by Gasteiger charge is 2.19. The van der Waals surface area contributed by atoms with Gasteiger partial charge in [-0.1, -0.05) is 20.8 Å². The molecule has 1 unspecified atom stereocenters. The average Bonchev–Trinajstić information content (AvgIpc) is 2.26. The molecular formula is C12H23N3O. The zero-order valence-corrected chi connectivity index (χ0v) is 10.8. The third-order valence-corrected chi connectivity index (χ3v) is 2.53. The van der Waals surface area contributed by atoms with Gasteiger partial charge in [0, 0.05) is 19.5 Å². The van der Waals surface area contributed by atoms with Crippen molar-refractivity contribution in [3.8, 4) is 6.07 Å². The first-order valence-corrected chi connectivity index (χ1v) is 5.91. The van der Waals surface area contributed by atoms with Gasteiger partial charge in [-0.3, -0.25) is 9.69 Å². The molecule has 0 aliphatic heterocycles. The van der Waals surface area contributed by atoms with Crippen LogP contribution in [0.2, 0.25) is 0 Å². The van der Waals surface area contributed by atoms with Gasteiger partial charge < -0.3 is 5.32 Å². The molecule has 0 aliphatic carbocycles. The quantitative estimate of drug-likeness (QED) is 0.712. The zero-order valence-electron chi connectivity index (χ0n) is 10.8. The van der Waals surface area contributed by atoms with Gasteiger partial charge in [-0.15, -0.1) is 0 Å². The molecule has 1 N–H and O–H groups in total. The molecule has 92 valence electrons. The number of amides is 1. The summed E-state index contributed by atoms with van der Waals surface area (Å²) in [6, 6.07) is 1.95. The molecule has 0 heterocycles. The summed E-state index contributed by atoms with van der Waals surface area (Å²) in [5, 5.41) is 11.4. The van der Waals surface area contributed by atoms with E-state index < -0.39 is 0 Å². The minimum atomic E-state index is -0.155. The van der Waals surface area contributed by atoms with Crippen molar-refractivity contribution < 1.29 is 4.79 Å². The number of nitrogens with one attached hydrogen (secondary N) is 1. The zero-order chi connectivity index (χ0) is 12.6. The second-order valence-corrected chi connectivity index (χ2v) is 4.35. The van der Waals surface area contributed by atoms with Crippen LogP contribution in [0.25, 0.3) is 0 Å². The topological polar surface area (TPSA) is 56.1 Å². The molecule has 0 rings (SSSR count). The Balaban J connectivity index is 4.11. The van der Waals surface area contributed by atoms with E-state index in [-0.39, 0.29) is 11.9 Å². The molecule has 0 fully saturated rings. The predicted molar refractivity (Wildman–Crippen MR) is 64.8 cm³/mol. The molecule has 0 aliphatic rings. The van der Waals surface area contributed by atoms with Crippen LogP contribution in [0.3, 0.4) is 0 Å². The normalized spacial score (nSPS) is 12.6. The van der Waals surface area contributed by atoms with Crippen molar-refractivity contribution in [2.24, 2.45) is 5.92 Å². The summed E-state index contributed by atoms with van der Waals surface area (Å²) in [7, 11) is 0. The van der Waals surface area contributed by atoms with E-state index in [2.05, 4.69) is 25.2 Å². The maximum absolute atomic E-state index is 11.8. The molecule has 0 saturated heterocycles. The van der Waals surface area contributed by atoms with E-state index in [4.69, 9.17) is 5.26 Å². The number of nitrogens with zero attached hydrogens (tertiary/aromatic N) is 2. The molecule has 0 aromatic heterocycles. The van der Waals surface area contributed by atoms with Gasteiger partial charge in [0.2, 0.25) is 5.91 Å². The first-order valence-electron chi connectivity index (χ1n) is 5.91. The summed E-state index contributed by atoms with van der Waals surface area (Å²) >= 11 is 0. The minimum Gasteiger partial charge on any atom is -0.354 e. The summed E-state index contributed by atoms with van der Waals surface area (Å²) in [5.74, 6) is 0.513. The van der Waals surface area contributed by atoms with Crippen molar-refractivity contribution in [1.82, 2.24) is 10.2 Å². The number of hydrogen-bond donors (Lipinski definition) is 1. The van der Waals surface area contributed by atoms with Gasteiger partial charge in [0.15, 0.2) is 0 Å². The summed E-state index contributed by atoms with van der Waals surface area (Å²) in [5.41, 5.74) is 0. The molecule has 0 spiro atoms. The summed E-state index contributed by atoms with van der Waals surface area (Å²) in [6.07, 6.45) is 0.468.